The van der Waals surface area contributed by atoms with Crippen molar-refractivity contribution < 1.29 is 0 Å². The molecule has 0 radical (unpaired) electrons. The van der Waals surface area contributed by atoms with E-state index in [0.717, 1.165) is 43.5 Å². The molecule has 2 heterocycles. The van der Waals surface area contributed by atoms with Crippen LogP contribution in [-0.4, -0.2) is 35.1 Å². The molecule has 92 valence electrons. The van der Waals surface area contributed by atoms with Crippen LogP contribution in [0.4, 0.5) is 11.5 Å². The highest BCUT2D eigenvalue weighted by Gasteiger charge is 2.22. The van der Waals surface area contributed by atoms with Gasteiger partial charge >= 0.3 is 0 Å². The van der Waals surface area contributed by atoms with E-state index in [-0.39, 0.29) is 0 Å². The third kappa shape index (κ3) is 2.83. The van der Waals surface area contributed by atoms with Gasteiger partial charge in [-0.3, -0.25) is 0 Å². The Hall–Kier alpha value is -0.970. The number of hydrogen-bond acceptors (Lipinski definition) is 5. The number of nitrogens with zero attached hydrogens (tertiary/aromatic N) is 3. The molecular weight excluding hydrogens is 232 g/mol. The van der Waals surface area contributed by atoms with Crippen molar-refractivity contribution in [2.24, 2.45) is 5.92 Å². The van der Waals surface area contributed by atoms with Gasteiger partial charge in [-0.2, -0.15) is 17.7 Å². The highest BCUT2D eigenvalue weighted by atomic mass is 32.1. The minimum atomic E-state index is 0.492. The van der Waals surface area contributed by atoms with Gasteiger partial charge in [-0.15, -0.1) is 5.10 Å². The fourth-order valence-electron chi connectivity index (χ4n) is 2.16. The van der Waals surface area contributed by atoms with Gasteiger partial charge in [0, 0.05) is 31.0 Å². The third-order valence-electron chi connectivity index (χ3n) is 3.44. The van der Waals surface area contributed by atoms with Crippen molar-refractivity contribution in [2.45, 2.75) is 24.5 Å². The Balaban J connectivity index is 1.65. The molecule has 1 aliphatic heterocycles. The van der Waals surface area contributed by atoms with Crippen LogP contribution in [0.3, 0.4) is 0 Å². The van der Waals surface area contributed by atoms with Crippen LogP contribution >= 0.6 is 12.6 Å². The van der Waals surface area contributed by atoms with E-state index in [9.17, 15) is 0 Å². The van der Waals surface area contributed by atoms with Crippen LogP contribution in [-0.2, 0) is 0 Å². The molecular formula is C12H18N4S. The van der Waals surface area contributed by atoms with E-state index in [1.54, 1.807) is 0 Å². The van der Waals surface area contributed by atoms with Crippen molar-refractivity contribution >= 4 is 24.1 Å². The Morgan fingerprint density at radius 1 is 1.41 bits per heavy atom. The van der Waals surface area contributed by atoms with Crippen molar-refractivity contribution in [1.82, 2.24) is 10.2 Å². The molecule has 4 nitrogen and oxygen atoms in total. The van der Waals surface area contributed by atoms with Gasteiger partial charge in [0.2, 0.25) is 0 Å². The average Bonchev–Trinajstić information content (AvgIpc) is 3.08. The molecule has 0 amide bonds. The Morgan fingerprint density at radius 3 is 3.00 bits per heavy atom. The smallest absolute Gasteiger partial charge is 0.150 e. The van der Waals surface area contributed by atoms with Gasteiger partial charge < -0.3 is 10.2 Å². The second-order valence-electron chi connectivity index (χ2n) is 5.01. The summed E-state index contributed by atoms with van der Waals surface area (Å²) in [4.78, 5) is 2.33. The molecule has 1 aromatic rings. The summed E-state index contributed by atoms with van der Waals surface area (Å²) < 4.78 is 0. The van der Waals surface area contributed by atoms with Crippen LogP contribution in [0.25, 0.3) is 0 Å². The summed E-state index contributed by atoms with van der Waals surface area (Å²) in [7, 11) is 0. The predicted octanol–water partition coefficient (Wildman–Crippen LogP) is 1.81. The quantitative estimate of drug-likeness (QED) is 0.800. The SMILES string of the molecule is SC1CCN(c2cnnc(NCC3CC3)c2)C1. The number of rotatable bonds is 4. The number of anilines is 2. The summed E-state index contributed by atoms with van der Waals surface area (Å²) in [5, 5.41) is 12.1. The zero-order chi connectivity index (χ0) is 11.7. The number of hydrogen-bond donors (Lipinski definition) is 2. The lowest BCUT2D eigenvalue weighted by molar-refractivity contribution is 0.869. The lowest BCUT2D eigenvalue weighted by atomic mass is 10.3. The van der Waals surface area contributed by atoms with Crippen molar-refractivity contribution in [1.29, 1.82) is 0 Å². The van der Waals surface area contributed by atoms with E-state index >= 15 is 0 Å². The van der Waals surface area contributed by atoms with E-state index in [0.29, 0.717) is 5.25 Å². The molecule has 0 spiro atoms. The number of nitrogens with one attached hydrogen (secondary N) is 1. The van der Waals surface area contributed by atoms with E-state index < -0.39 is 0 Å². The van der Waals surface area contributed by atoms with Crippen molar-refractivity contribution in [3.63, 3.8) is 0 Å². The van der Waals surface area contributed by atoms with Crippen LogP contribution < -0.4 is 10.2 Å². The molecule has 1 atom stereocenters. The van der Waals surface area contributed by atoms with Gasteiger partial charge in [0.15, 0.2) is 5.82 Å². The van der Waals surface area contributed by atoms with E-state index in [1.807, 2.05) is 6.20 Å². The average molecular weight is 250 g/mol. The molecule has 0 aromatic carbocycles. The van der Waals surface area contributed by atoms with Gasteiger partial charge in [0.25, 0.3) is 0 Å². The fraction of sp³-hybridized carbons (Fsp3) is 0.667. The fourth-order valence-corrected chi connectivity index (χ4v) is 2.48. The van der Waals surface area contributed by atoms with E-state index in [1.165, 1.54) is 12.8 Å². The minimum absolute atomic E-state index is 0.492. The standard InChI is InChI=1S/C12H18N4S/c17-11-3-4-16(8-11)10-5-12(15-14-7-10)13-6-9-1-2-9/h5,7,9,11,17H,1-4,6,8H2,(H,13,15). The van der Waals surface area contributed by atoms with Gasteiger partial charge in [-0.25, -0.2) is 0 Å². The molecule has 5 heteroatoms. The first kappa shape index (κ1) is 11.1. The molecule has 2 fully saturated rings. The second-order valence-corrected chi connectivity index (χ2v) is 5.74. The largest absolute Gasteiger partial charge is 0.369 e. The zero-order valence-corrected chi connectivity index (χ0v) is 10.7. The Labute approximate surface area is 107 Å². The molecule has 3 rings (SSSR count). The van der Waals surface area contributed by atoms with Crippen LogP contribution in [0.1, 0.15) is 19.3 Å². The zero-order valence-electron chi connectivity index (χ0n) is 9.84. The molecule has 0 bridgehead atoms. The molecule has 2 aliphatic rings. The molecule has 1 saturated carbocycles. The number of aromatic nitrogens is 2. The van der Waals surface area contributed by atoms with Gasteiger partial charge in [-0.1, -0.05) is 0 Å². The summed E-state index contributed by atoms with van der Waals surface area (Å²) >= 11 is 4.51. The third-order valence-corrected chi connectivity index (χ3v) is 3.86. The predicted molar refractivity (Wildman–Crippen MR) is 72.8 cm³/mol. The molecule has 1 N–H and O–H groups in total. The lowest BCUT2D eigenvalue weighted by Gasteiger charge is -2.17. The van der Waals surface area contributed by atoms with Gasteiger partial charge in [-0.05, 0) is 25.2 Å². The minimum Gasteiger partial charge on any atom is -0.369 e. The first-order valence-electron chi connectivity index (χ1n) is 6.31. The summed E-state index contributed by atoms with van der Waals surface area (Å²) in [5.41, 5.74) is 1.16. The maximum Gasteiger partial charge on any atom is 0.150 e. The van der Waals surface area contributed by atoms with E-state index in [4.69, 9.17) is 0 Å². The van der Waals surface area contributed by atoms with Crippen LogP contribution in [0.5, 0.6) is 0 Å². The van der Waals surface area contributed by atoms with Gasteiger partial charge in [0.05, 0.1) is 11.9 Å². The molecule has 1 unspecified atom stereocenters. The lowest BCUT2D eigenvalue weighted by Crippen LogP contribution is -2.20. The molecule has 1 aromatic heterocycles. The molecule has 1 saturated heterocycles. The van der Waals surface area contributed by atoms with E-state index in [2.05, 4.69) is 39.1 Å². The molecule has 1 aliphatic carbocycles. The second kappa shape index (κ2) is 4.72. The highest BCUT2D eigenvalue weighted by Crippen LogP contribution is 2.29. The maximum absolute atomic E-state index is 4.51. The summed E-state index contributed by atoms with van der Waals surface area (Å²) in [6.45, 7) is 3.12. The number of thiol groups is 1. The first-order chi connectivity index (χ1) is 8.31. The first-order valence-corrected chi connectivity index (χ1v) is 6.82. The summed E-state index contributed by atoms with van der Waals surface area (Å²) in [6, 6.07) is 2.10. The normalized spacial score (nSPS) is 24.1. The summed E-state index contributed by atoms with van der Waals surface area (Å²) in [5.74, 6) is 1.76. The van der Waals surface area contributed by atoms with Gasteiger partial charge in [0.1, 0.15) is 0 Å². The van der Waals surface area contributed by atoms with Crippen molar-refractivity contribution in [3.8, 4) is 0 Å². The highest BCUT2D eigenvalue weighted by molar-refractivity contribution is 7.81. The Kier molecular flexibility index (Phi) is 3.09. The van der Waals surface area contributed by atoms with Crippen LogP contribution in [0.2, 0.25) is 0 Å². The van der Waals surface area contributed by atoms with Crippen LogP contribution in [0.15, 0.2) is 12.3 Å². The monoisotopic (exact) mass is 250 g/mol. The van der Waals surface area contributed by atoms with Crippen molar-refractivity contribution in [3.05, 3.63) is 12.3 Å². The molecule has 17 heavy (non-hydrogen) atoms. The summed E-state index contributed by atoms with van der Waals surface area (Å²) in [6.07, 6.45) is 5.70. The topological polar surface area (TPSA) is 41.1 Å². The Bertz CT molecular complexity index is 394. The van der Waals surface area contributed by atoms with Crippen LogP contribution in [0, 0.1) is 5.92 Å². The Morgan fingerprint density at radius 2 is 2.29 bits per heavy atom. The maximum atomic E-state index is 4.51. The van der Waals surface area contributed by atoms with Crippen molar-refractivity contribution in [2.75, 3.05) is 29.9 Å².